The molecule has 2 unspecified atom stereocenters. The minimum Gasteiger partial charge on any atom is -0.350 e. The maximum Gasteiger partial charge on any atom is 0.292 e. The quantitative estimate of drug-likeness (QED) is 0.829. The molecule has 2 fully saturated rings. The topological polar surface area (TPSA) is 66.7 Å². The SMILES string of the molecule is CCCCN1C(=O)CCC2CN(C(=O)c3onc4c3CCCC4)CCC21. The van der Waals surface area contributed by atoms with Gasteiger partial charge in [0.15, 0.2) is 0 Å². The molecule has 0 radical (unpaired) electrons. The molecule has 1 aromatic heterocycles. The Morgan fingerprint density at radius 3 is 2.92 bits per heavy atom. The number of hydrogen-bond acceptors (Lipinski definition) is 4. The summed E-state index contributed by atoms with van der Waals surface area (Å²) in [7, 11) is 0. The van der Waals surface area contributed by atoms with E-state index in [0.717, 1.165) is 75.7 Å². The third kappa shape index (κ3) is 3.14. The van der Waals surface area contributed by atoms with Gasteiger partial charge in [-0.25, -0.2) is 0 Å². The third-order valence-corrected chi connectivity index (χ3v) is 6.34. The van der Waals surface area contributed by atoms with Crippen LogP contribution in [0, 0.1) is 5.92 Å². The van der Waals surface area contributed by atoms with E-state index in [9.17, 15) is 9.59 Å². The van der Waals surface area contributed by atoms with Gasteiger partial charge in [0.25, 0.3) is 5.91 Å². The number of nitrogens with zero attached hydrogens (tertiary/aromatic N) is 3. The Balaban J connectivity index is 1.46. The van der Waals surface area contributed by atoms with Crippen LogP contribution in [0.3, 0.4) is 0 Å². The fourth-order valence-corrected chi connectivity index (χ4v) is 4.86. The molecule has 142 valence electrons. The second-order valence-corrected chi connectivity index (χ2v) is 7.99. The highest BCUT2D eigenvalue weighted by Gasteiger charge is 2.41. The van der Waals surface area contributed by atoms with E-state index in [1.807, 2.05) is 4.90 Å². The van der Waals surface area contributed by atoms with Gasteiger partial charge in [0.2, 0.25) is 11.7 Å². The second-order valence-electron chi connectivity index (χ2n) is 7.99. The van der Waals surface area contributed by atoms with Crippen molar-refractivity contribution in [1.82, 2.24) is 15.0 Å². The van der Waals surface area contributed by atoms with Gasteiger partial charge in [-0.2, -0.15) is 0 Å². The van der Waals surface area contributed by atoms with Crippen molar-refractivity contribution in [3.8, 4) is 0 Å². The zero-order chi connectivity index (χ0) is 18.1. The van der Waals surface area contributed by atoms with Gasteiger partial charge in [-0.1, -0.05) is 18.5 Å². The van der Waals surface area contributed by atoms with Gasteiger partial charge in [0.05, 0.1) is 5.69 Å². The number of hydrogen-bond donors (Lipinski definition) is 0. The van der Waals surface area contributed by atoms with Crippen molar-refractivity contribution in [2.24, 2.45) is 5.92 Å². The number of likely N-dealkylation sites (tertiary alicyclic amines) is 2. The zero-order valence-corrected chi connectivity index (χ0v) is 15.7. The van der Waals surface area contributed by atoms with E-state index >= 15 is 0 Å². The number of amides is 2. The molecule has 0 bridgehead atoms. The molecule has 0 N–H and O–H groups in total. The molecule has 1 aromatic rings. The van der Waals surface area contributed by atoms with Gasteiger partial charge in [-0.3, -0.25) is 9.59 Å². The van der Waals surface area contributed by atoms with Gasteiger partial charge in [0, 0.05) is 37.7 Å². The summed E-state index contributed by atoms with van der Waals surface area (Å²) < 4.78 is 5.45. The van der Waals surface area contributed by atoms with Crippen LogP contribution < -0.4 is 0 Å². The van der Waals surface area contributed by atoms with Gasteiger partial charge in [-0.05, 0) is 50.9 Å². The van der Waals surface area contributed by atoms with Gasteiger partial charge < -0.3 is 14.3 Å². The fourth-order valence-electron chi connectivity index (χ4n) is 4.86. The van der Waals surface area contributed by atoms with Crippen LogP contribution in [0.4, 0.5) is 0 Å². The largest absolute Gasteiger partial charge is 0.350 e. The maximum absolute atomic E-state index is 13.0. The summed E-state index contributed by atoms with van der Waals surface area (Å²) in [6, 6.07) is 0.301. The summed E-state index contributed by atoms with van der Waals surface area (Å²) in [5, 5.41) is 4.13. The summed E-state index contributed by atoms with van der Waals surface area (Å²) in [6.45, 7) is 4.45. The van der Waals surface area contributed by atoms with Gasteiger partial charge in [0.1, 0.15) is 0 Å². The third-order valence-electron chi connectivity index (χ3n) is 6.34. The number of carbonyl (C=O) groups excluding carboxylic acids is 2. The molecule has 2 saturated heterocycles. The molecule has 0 aromatic carbocycles. The predicted octanol–water partition coefficient (Wildman–Crippen LogP) is 2.81. The molecule has 1 aliphatic carbocycles. The predicted molar refractivity (Wildman–Crippen MR) is 96.8 cm³/mol. The average molecular weight is 359 g/mol. The molecule has 2 atom stereocenters. The lowest BCUT2D eigenvalue weighted by Crippen LogP contribution is -2.57. The zero-order valence-electron chi connectivity index (χ0n) is 15.7. The number of rotatable bonds is 4. The minimum absolute atomic E-state index is 0.00360. The van der Waals surface area contributed by atoms with Crippen LogP contribution in [0.15, 0.2) is 4.52 Å². The van der Waals surface area contributed by atoms with E-state index in [-0.39, 0.29) is 5.91 Å². The lowest BCUT2D eigenvalue weighted by Gasteiger charge is -2.47. The van der Waals surface area contributed by atoms with Crippen LogP contribution in [-0.4, -0.2) is 52.4 Å². The Kier molecular flexibility index (Phi) is 5.00. The molecule has 3 heterocycles. The van der Waals surface area contributed by atoms with E-state index in [1.54, 1.807) is 0 Å². The molecule has 26 heavy (non-hydrogen) atoms. The molecule has 0 spiro atoms. The first-order valence-corrected chi connectivity index (χ1v) is 10.2. The van der Waals surface area contributed by atoms with Crippen LogP contribution >= 0.6 is 0 Å². The first-order valence-electron chi connectivity index (χ1n) is 10.2. The van der Waals surface area contributed by atoms with Crippen molar-refractivity contribution in [3.05, 3.63) is 17.0 Å². The number of aryl methyl sites for hydroxylation is 1. The van der Waals surface area contributed by atoms with Crippen molar-refractivity contribution in [2.45, 2.75) is 70.8 Å². The summed E-state index contributed by atoms with van der Waals surface area (Å²) >= 11 is 0. The summed E-state index contributed by atoms with van der Waals surface area (Å²) in [5.74, 6) is 1.15. The highest BCUT2D eigenvalue weighted by atomic mass is 16.5. The highest BCUT2D eigenvalue weighted by Crippen LogP contribution is 2.33. The van der Waals surface area contributed by atoms with Gasteiger partial charge in [-0.15, -0.1) is 0 Å². The van der Waals surface area contributed by atoms with Crippen molar-refractivity contribution in [3.63, 3.8) is 0 Å². The van der Waals surface area contributed by atoms with Crippen molar-refractivity contribution in [1.29, 1.82) is 0 Å². The van der Waals surface area contributed by atoms with E-state index in [0.29, 0.717) is 36.6 Å². The summed E-state index contributed by atoms with van der Waals surface area (Å²) in [5.41, 5.74) is 2.01. The Morgan fingerprint density at radius 2 is 2.08 bits per heavy atom. The van der Waals surface area contributed by atoms with Crippen LogP contribution in [-0.2, 0) is 17.6 Å². The number of fused-ring (bicyclic) bond motifs is 2. The molecular weight excluding hydrogens is 330 g/mol. The van der Waals surface area contributed by atoms with E-state index in [2.05, 4.69) is 17.0 Å². The fraction of sp³-hybridized carbons (Fsp3) is 0.750. The molecule has 4 rings (SSSR count). The van der Waals surface area contributed by atoms with Crippen molar-refractivity contribution in [2.75, 3.05) is 19.6 Å². The number of piperidine rings is 2. The Labute approximate surface area is 154 Å². The molecule has 6 nitrogen and oxygen atoms in total. The van der Waals surface area contributed by atoms with Gasteiger partial charge >= 0.3 is 0 Å². The lowest BCUT2D eigenvalue weighted by atomic mass is 9.83. The van der Waals surface area contributed by atoms with E-state index < -0.39 is 0 Å². The Bertz CT molecular complexity index is 684. The van der Waals surface area contributed by atoms with E-state index in [1.165, 1.54) is 0 Å². The monoisotopic (exact) mass is 359 g/mol. The first kappa shape index (κ1) is 17.6. The Hall–Kier alpha value is -1.85. The second kappa shape index (κ2) is 7.41. The standard InChI is InChI=1S/C20H29N3O3/c1-2-3-11-23-17-10-12-22(13-14(17)8-9-18(23)24)20(25)19-15-6-4-5-7-16(15)21-26-19/h14,17H,2-13H2,1H3. The molecule has 6 heteroatoms. The van der Waals surface area contributed by atoms with Crippen molar-refractivity contribution < 1.29 is 14.1 Å². The molecule has 2 aliphatic heterocycles. The average Bonchev–Trinajstić information content (AvgIpc) is 3.10. The Morgan fingerprint density at radius 1 is 1.23 bits per heavy atom. The normalized spacial score (nSPS) is 25.8. The molecule has 2 amide bonds. The number of aromatic nitrogens is 1. The molecule has 3 aliphatic rings. The van der Waals surface area contributed by atoms with Crippen LogP contribution in [0.2, 0.25) is 0 Å². The van der Waals surface area contributed by atoms with Crippen LogP contribution in [0.5, 0.6) is 0 Å². The first-order chi connectivity index (χ1) is 12.7. The maximum atomic E-state index is 13.0. The number of carbonyl (C=O) groups is 2. The minimum atomic E-state index is -0.00360. The summed E-state index contributed by atoms with van der Waals surface area (Å²) in [6.07, 6.45) is 8.60. The van der Waals surface area contributed by atoms with Crippen LogP contribution in [0.1, 0.15) is 73.7 Å². The molecular formula is C20H29N3O3. The van der Waals surface area contributed by atoms with Crippen molar-refractivity contribution >= 4 is 11.8 Å². The molecule has 0 saturated carbocycles. The highest BCUT2D eigenvalue weighted by molar-refractivity contribution is 5.93. The summed E-state index contributed by atoms with van der Waals surface area (Å²) in [4.78, 5) is 29.4. The lowest BCUT2D eigenvalue weighted by molar-refractivity contribution is -0.140. The van der Waals surface area contributed by atoms with Crippen LogP contribution in [0.25, 0.3) is 0 Å². The smallest absolute Gasteiger partial charge is 0.292 e. The number of unbranched alkanes of at least 4 members (excludes halogenated alkanes) is 1. The van der Waals surface area contributed by atoms with E-state index in [4.69, 9.17) is 4.52 Å².